The van der Waals surface area contributed by atoms with Crippen molar-refractivity contribution in [1.82, 2.24) is 14.3 Å². The minimum absolute atomic E-state index is 1.03. The highest BCUT2D eigenvalue weighted by atomic mass is 79.9. The Labute approximate surface area is 116 Å². The standard InChI is InChI=1S/C14H18BrN3/c1-3-5-17-6-4-12-13(9-17)18-8-11(15)10(2)7-14(18)16-12/h7-8H,3-6,9H2,1-2H3. The van der Waals surface area contributed by atoms with E-state index >= 15 is 0 Å². The van der Waals surface area contributed by atoms with Crippen LogP contribution in [0, 0.1) is 6.92 Å². The summed E-state index contributed by atoms with van der Waals surface area (Å²) < 4.78 is 3.40. The number of imidazole rings is 1. The van der Waals surface area contributed by atoms with Gasteiger partial charge in [-0.1, -0.05) is 6.92 Å². The number of halogens is 1. The zero-order valence-electron chi connectivity index (χ0n) is 10.9. The Kier molecular flexibility index (Phi) is 3.16. The fourth-order valence-corrected chi connectivity index (χ4v) is 3.01. The van der Waals surface area contributed by atoms with Crippen LogP contribution in [0.15, 0.2) is 16.7 Å². The SMILES string of the molecule is CCCN1CCc2nc3cc(C)c(Br)cn3c2C1. The van der Waals surface area contributed by atoms with Crippen LogP contribution in [0.2, 0.25) is 0 Å². The highest BCUT2D eigenvalue weighted by molar-refractivity contribution is 9.10. The normalized spacial score (nSPS) is 16.2. The van der Waals surface area contributed by atoms with Gasteiger partial charge in [-0.25, -0.2) is 4.98 Å². The zero-order chi connectivity index (χ0) is 12.7. The molecule has 0 N–H and O–H groups in total. The summed E-state index contributed by atoms with van der Waals surface area (Å²) in [6.07, 6.45) is 4.45. The molecule has 0 saturated carbocycles. The fourth-order valence-electron chi connectivity index (χ4n) is 2.69. The zero-order valence-corrected chi connectivity index (χ0v) is 12.5. The van der Waals surface area contributed by atoms with E-state index in [1.165, 1.54) is 29.9 Å². The Morgan fingerprint density at radius 3 is 3.06 bits per heavy atom. The fraction of sp³-hybridized carbons (Fsp3) is 0.500. The number of hydrogen-bond acceptors (Lipinski definition) is 2. The third-order valence-corrected chi connectivity index (χ3v) is 4.49. The second-order valence-corrected chi connectivity index (χ2v) is 5.92. The van der Waals surface area contributed by atoms with Crippen molar-refractivity contribution in [1.29, 1.82) is 0 Å². The molecule has 3 rings (SSSR count). The Hall–Kier alpha value is -0.870. The summed E-state index contributed by atoms with van der Waals surface area (Å²) >= 11 is 3.61. The van der Waals surface area contributed by atoms with Crippen molar-refractivity contribution in [3.63, 3.8) is 0 Å². The summed E-state index contributed by atoms with van der Waals surface area (Å²) in [6.45, 7) is 7.70. The van der Waals surface area contributed by atoms with E-state index in [1.54, 1.807) is 0 Å². The Balaban J connectivity index is 2.07. The monoisotopic (exact) mass is 307 g/mol. The molecule has 96 valence electrons. The topological polar surface area (TPSA) is 20.5 Å². The van der Waals surface area contributed by atoms with Crippen LogP contribution in [0.3, 0.4) is 0 Å². The Bertz CT molecular complexity index is 588. The van der Waals surface area contributed by atoms with Crippen molar-refractivity contribution in [2.45, 2.75) is 33.2 Å². The average molecular weight is 308 g/mol. The van der Waals surface area contributed by atoms with E-state index in [4.69, 9.17) is 4.98 Å². The summed E-state index contributed by atoms with van der Waals surface area (Å²) in [4.78, 5) is 7.28. The molecule has 0 aromatic carbocycles. The third kappa shape index (κ3) is 1.97. The molecule has 0 unspecified atom stereocenters. The van der Waals surface area contributed by atoms with Gasteiger partial charge in [-0.05, 0) is 47.4 Å². The summed E-state index contributed by atoms with van der Waals surface area (Å²) in [6, 6.07) is 2.16. The molecule has 4 heteroatoms. The van der Waals surface area contributed by atoms with Gasteiger partial charge < -0.3 is 4.40 Å². The summed E-state index contributed by atoms with van der Waals surface area (Å²) in [5.74, 6) is 0. The second-order valence-electron chi connectivity index (χ2n) is 5.06. The summed E-state index contributed by atoms with van der Waals surface area (Å²) in [5.41, 5.74) is 4.97. The first kappa shape index (κ1) is 12.2. The van der Waals surface area contributed by atoms with Gasteiger partial charge in [0, 0.05) is 30.2 Å². The van der Waals surface area contributed by atoms with Gasteiger partial charge in [-0.15, -0.1) is 0 Å². The van der Waals surface area contributed by atoms with E-state index in [0.717, 1.165) is 29.6 Å². The molecule has 0 bridgehead atoms. The number of aryl methyl sites for hydroxylation is 1. The van der Waals surface area contributed by atoms with Crippen molar-refractivity contribution in [2.24, 2.45) is 0 Å². The molecule has 1 aliphatic rings. The van der Waals surface area contributed by atoms with Crippen molar-refractivity contribution in [3.05, 3.63) is 33.7 Å². The lowest BCUT2D eigenvalue weighted by atomic mass is 10.1. The van der Waals surface area contributed by atoms with Gasteiger partial charge in [0.1, 0.15) is 5.65 Å². The molecule has 0 fully saturated rings. The van der Waals surface area contributed by atoms with Gasteiger partial charge in [-0.2, -0.15) is 0 Å². The van der Waals surface area contributed by atoms with E-state index in [2.05, 4.69) is 51.3 Å². The molecule has 0 spiro atoms. The minimum atomic E-state index is 1.03. The molecule has 0 saturated heterocycles. The largest absolute Gasteiger partial charge is 0.301 e. The minimum Gasteiger partial charge on any atom is -0.301 e. The smallest absolute Gasteiger partial charge is 0.137 e. The molecule has 0 atom stereocenters. The van der Waals surface area contributed by atoms with Gasteiger partial charge in [0.05, 0.1) is 11.4 Å². The molecule has 0 amide bonds. The van der Waals surface area contributed by atoms with Crippen LogP contribution in [-0.2, 0) is 13.0 Å². The Morgan fingerprint density at radius 1 is 1.44 bits per heavy atom. The predicted molar refractivity (Wildman–Crippen MR) is 76.9 cm³/mol. The molecule has 2 aromatic rings. The maximum Gasteiger partial charge on any atom is 0.137 e. The number of rotatable bonds is 2. The number of hydrogen-bond donors (Lipinski definition) is 0. The number of nitrogens with zero attached hydrogens (tertiary/aromatic N) is 3. The summed E-state index contributed by atoms with van der Waals surface area (Å²) in [7, 11) is 0. The van der Waals surface area contributed by atoms with Crippen molar-refractivity contribution in [3.8, 4) is 0 Å². The van der Waals surface area contributed by atoms with Crippen LogP contribution in [-0.4, -0.2) is 27.4 Å². The second kappa shape index (κ2) is 4.67. The molecule has 3 heterocycles. The lowest BCUT2D eigenvalue weighted by Crippen LogP contribution is -2.31. The van der Waals surface area contributed by atoms with E-state index < -0.39 is 0 Å². The molecule has 0 aliphatic carbocycles. The van der Waals surface area contributed by atoms with E-state index in [1.807, 2.05) is 0 Å². The maximum absolute atomic E-state index is 4.77. The molecular formula is C14H18BrN3. The molecular weight excluding hydrogens is 290 g/mol. The predicted octanol–water partition coefficient (Wildman–Crippen LogP) is 3.17. The number of aromatic nitrogens is 2. The summed E-state index contributed by atoms with van der Waals surface area (Å²) in [5, 5.41) is 0. The molecule has 1 aliphatic heterocycles. The van der Waals surface area contributed by atoms with Gasteiger partial charge >= 0.3 is 0 Å². The Morgan fingerprint density at radius 2 is 2.28 bits per heavy atom. The van der Waals surface area contributed by atoms with E-state index in [9.17, 15) is 0 Å². The highest BCUT2D eigenvalue weighted by Gasteiger charge is 2.21. The lowest BCUT2D eigenvalue weighted by Gasteiger charge is -2.25. The van der Waals surface area contributed by atoms with Crippen LogP contribution in [0.25, 0.3) is 5.65 Å². The van der Waals surface area contributed by atoms with Gasteiger partial charge in [-0.3, -0.25) is 4.90 Å². The quantitative estimate of drug-likeness (QED) is 0.849. The van der Waals surface area contributed by atoms with Gasteiger partial charge in [0.15, 0.2) is 0 Å². The van der Waals surface area contributed by atoms with Crippen LogP contribution in [0.5, 0.6) is 0 Å². The van der Waals surface area contributed by atoms with Crippen LogP contribution in [0.1, 0.15) is 30.3 Å². The van der Waals surface area contributed by atoms with Gasteiger partial charge in [0.25, 0.3) is 0 Å². The first-order valence-corrected chi connectivity index (χ1v) is 7.36. The first-order valence-electron chi connectivity index (χ1n) is 6.57. The van der Waals surface area contributed by atoms with Crippen LogP contribution in [0.4, 0.5) is 0 Å². The van der Waals surface area contributed by atoms with Crippen LogP contribution < -0.4 is 0 Å². The number of pyridine rings is 1. The van der Waals surface area contributed by atoms with E-state index in [0.29, 0.717) is 0 Å². The van der Waals surface area contributed by atoms with Crippen LogP contribution >= 0.6 is 15.9 Å². The molecule has 0 radical (unpaired) electrons. The highest BCUT2D eigenvalue weighted by Crippen LogP contribution is 2.24. The maximum atomic E-state index is 4.77. The van der Waals surface area contributed by atoms with Crippen molar-refractivity contribution < 1.29 is 0 Å². The molecule has 2 aromatic heterocycles. The molecule has 18 heavy (non-hydrogen) atoms. The average Bonchev–Trinajstić information content (AvgIpc) is 2.68. The lowest BCUT2D eigenvalue weighted by molar-refractivity contribution is 0.249. The van der Waals surface area contributed by atoms with Crippen molar-refractivity contribution >= 4 is 21.6 Å². The molecule has 3 nitrogen and oxygen atoms in total. The van der Waals surface area contributed by atoms with Crippen molar-refractivity contribution in [2.75, 3.05) is 13.1 Å². The first-order chi connectivity index (χ1) is 8.69. The van der Waals surface area contributed by atoms with E-state index in [-0.39, 0.29) is 0 Å². The van der Waals surface area contributed by atoms with Gasteiger partial charge in [0.2, 0.25) is 0 Å². The third-order valence-electron chi connectivity index (χ3n) is 3.66. The number of fused-ring (bicyclic) bond motifs is 3.